The highest BCUT2D eigenvalue weighted by Crippen LogP contribution is 2.60. The molecule has 0 radical (unpaired) electrons. The fourth-order valence-corrected chi connectivity index (χ4v) is 5.83. The van der Waals surface area contributed by atoms with Crippen molar-refractivity contribution in [1.82, 2.24) is 5.32 Å². The molecule has 1 aromatic carbocycles. The Labute approximate surface area is 160 Å². The van der Waals surface area contributed by atoms with Crippen molar-refractivity contribution in [2.24, 2.45) is 23.2 Å². The zero-order valence-corrected chi connectivity index (χ0v) is 15.8. The zero-order chi connectivity index (χ0) is 18.1. The number of nitrogens with one attached hydrogen (secondary N) is 2. The lowest BCUT2D eigenvalue weighted by atomic mass is 9.49. The number of carbonyl (C=O) groups is 1. The average molecular weight is 371 g/mol. The lowest BCUT2D eigenvalue weighted by molar-refractivity contribution is -0.144. The molecule has 0 atom stereocenters. The van der Waals surface area contributed by atoms with Gasteiger partial charge in [-0.05, 0) is 80.6 Å². The van der Waals surface area contributed by atoms with Crippen LogP contribution in [0.15, 0.2) is 36.9 Å². The molecule has 0 heterocycles. The van der Waals surface area contributed by atoms with Crippen LogP contribution in [0.2, 0.25) is 0 Å². The van der Waals surface area contributed by atoms with Crippen LogP contribution < -0.4 is 15.4 Å². The van der Waals surface area contributed by atoms with Gasteiger partial charge in [0, 0.05) is 0 Å². The normalized spacial score (nSPS) is 31.3. The quantitative estimate of drug-likeness (QED) is 0.600. The van der Waals surface area contributed by atoms with Crippen molar-refractivity contribution in [1.29, 1.82) is 0 Å². The number of carbonyl (C=O) groups excluding carboxylic acids is 1. The maximum atomic E-state index is 13.1. The maximum absolute atomic E-state index is 13.1. The van der Waals surface area contributed by atoms with E-state index >= 15 is 0 Å². The molecule has 4 aliphatic rings. The summed E-state index contributed by atoms with van der Waals surface area (Å²) in [4.78, 5) is 13.1. The number of para-hydroxylation sites is 2. The first kappa shape index (κ1) is 17.5. The maximum Gasteiger partial charge on any atom is 0.232 e. The molecule has 4 saturated carbocycles. The summed E-state index contributed by atoms with van der Waals surface area (Å²) in [6.45, 7) is 4.09. The van der Waals surface area contributed by atoms with Gasteiger partial charge in [0.05, 0.1) is 11.1 Å². The number of benzene rings is 1. The molecule has 0 unspecified atom stereocenters. The van der Waals surface area contributed by atoms with Crippen molar-refractivity contribution < 1.29 is 9.53 Å². The van der Waals surface area contributed by atoms with Gasteiger partial charge >= 0.3 is 0 Å². The second-order valence-corrected chi connectivity index (χ2v) is 8.61. The molecule has 138 valence electrons. The Morgan fingerprint density at radius 2 is 1.81 bits per heavy atom. The molecule has 4 nitrogen and oxygen atoms in total. The van der Waals surface area contributed by atoms with Gasteiger partial charge in [-0.3, -0.25) is 4.79 Å². The van der Waals surface area contributed by atoms with Crippen LogP contribution in [0.1, 0.15) is 38.5 Å². The molecule has 26 heavy (non-hydrogen) atoms. The van der Waals surface area contributed by atoms with E-state index in [1.54, 1.807) is 6.08 Å². The molecule has 1 amide bonds. The smallest absolute Gasteiger partial charge is 0.232 e. The number of hydrogen-bond acceptors (Lipinski definition) is 3. The van der Waals surface area contributed by atoms with Crippen molar-refractivity contribution in [3.8, 4) is 5.75 Å². The number of anilines is 1. The van der Waals surface area contributed by atoms with Gasteiger partial charge in [-0.25, -0.2) is 0 Å². The van der Waals surface area contributed by atoms with Crippen LogP contribution in [0.5, 0.6) is 5.75 Å². The summed E-state index contributed by atoms with van der Waals surface area (Å²) in [5, 5.41) is 6.44. The van der Waals surface area contributed by atoms with Gasteiger partial charge in [0.1, 0.15) is 12.4 Å². The van der Waals surface area contributed by atoms with Gasteiger partial charge in [-0.1, -0.05) is 24.8 Å². The highest BCUT2D eigenvalue weighted by Gasteiger charge is 2.54. The Balaban J connectivity index is 1.41. The number of rotatable bonds is 5. The Hall–Kier alpha value is -1.88. The van der Waals surface area contributed by atoms with E-state index in [1.807, 2.05) is 24.3 Å². The van der Waals surface area contributed by atoms with Gasteiger partial charge in [0.25, 0.3) is 0 Å². The van der Waals surface area contributed by atoms with Crippen LogP contribution in [0.25, 0.3) is 0 Å². The van der Waals surface area contributed by atoms with Gasteiger partial charge in [0.15, 0.2) is 5.11 Å². The second kappa shape index (κ2) is 7.03. The van der Waals surface area contributed by atoms with E-state index in [0.717, 1.165) is 42.7 Å². The Kier molecular flexibility index (Phi) is 4.74. The van der Waals surface area contributed by atoms with Crippen LogP contribution in [0.3, 0.4) is 0 Å². The van der Waals surface area contributed by atoms with Gasteiger partial charge in [-0.2, -0.15) is 0 Å². The molecule has 5 heteroatoms. The minimum Gasteiger partial charge on any atom is -0.487 e. The fourth-order valence-electron chi connectivity index (χ4n) is 5.62. The van der Waals surface area contributed by atoms with Crippen molar-refractivity contribution in [3.05, 3.63) is 36.9 Å². The minimum atomic E-state index is -0.195. The molecule has 2 N–H and O–H groups in total. The van der Waals surface area contributed by atoms with E-state index in [-0.39, 0.29) is 11.3 Å². The van der Waals surface area contributed by atoms with Crippen LogP contribution in [0, 0.1) is 23.2 Å². The second-order valence-electron chi connectivity index (χ2n) is 8.20. The van der Waals surface area contributed by atoms with Crippen LogP contribution in [0.4, 0.5) is 5.69 Å². The SMILES string of the molecule is C=CCOc1ccccc1NC(=S)NC(=O)C12CC3CC(CC(C3)C1)C2. The first-order chi connectivity index (χ1) is 12.6. The van der Waals surface area contributed by atoms with E-state index in [9.17, 15) is 4.79 Å². The Bertz CT molecular complexity index is 695. The summed E-state index contributed by atoms with van der Waals surface area (Å²) in [5.74, 6) is 3.02. The highest BCUT2D eigenvalue weighted by molar-refractivity contribution is 7.80. The molecule has 4 fully saturated rings. The molecule has 4 aliphatic carbocycles. The zero-order valence-electron chi connectivity index (χ0n) is 15.0. The van der Waals surface area contributed by atoms with Crippen molar-refractivity contribution >= 4 is 28.9 Å². The van der Waals surface area contributed by atoms with Crippen LogP contribution in [-0.2, 0) is 4.79 Å². The minimum absolute atomic E-state index is 0.110. The van der Waals surface area contributed by atoms with Crippen molar-refractivity contribution in [2.45, 2.75) is 38.5 Å². The molecule has 0 aliphatic heterocycles. The largest absolute Gasteiger partial charge is 0.487 e. The molecule has 1 aromatic rings. The van der Waals surface area contributed by atoms with E-state index < -0.39 is 0 Å². The van der Waals surface area contributed by atoms with E-state index in [0.29, 0.717) is 17.5 Å². The fraction of sp³-hybridized carbons (Fsp3) is 0.524. The molecular formula is C21H26N2O2S. The topological polar surface area (TPSA) is 50.4 Å². The van der Waals surface area contributed by atoms with E-state index in [2.05, 4.69) is 17.2 Å². The van der Waals surface area contributed by atoms with E-state index in [4.69, 9.17) is 17.0 Å². The molecular weight excluding hydrogens is 344 g/mol. The predicted octanol–water partition coefficient (Wildman–Crippen LogP) is 4.28. The van der Waals surface area contributed by atoms with Gasteiger partial charge in [-0.15, -0.1) is 0 Å². The van der Waals surface area contributed by atoms with Crippen LogP contribution in [-0.4, -0.2) is 17.6 Å². The number of thiocarbonyl (C=S) groups is 1. The number of hydrogen-bond donors (Lipinski definition) is 2. The van der Waals surface area contributed by atoms with E-state index in [1.165, 1.54) is 19.3 Å². The molecule has 5 rings (SSSR count). The summed E-state index contributed by atoms with van der Waals surface area (Å²) in [6, 6.07) is 7.57. The summed E-state index contributed by atoms with van der Waals surface area (Å²) < 4.78 is 5.64. The number of amides is 1. The van der Waals surface area contributed by atoms with Gasteiger partial charge < -0.3 is 15.4 Å². The van der Waals surface area contributed by atoms with Crippen LogP contribution >= 0.6 is 12.2 Å². The highest BCUT2D eigenvalue weighted by atomic mass is 32.1. The lowest BCUT2D eigenvalue weighted by Crippen LogP contribution is -2.55. The van der Waals surface area contributed by atoms with Gasteiger partial charge in [0.2, 0.25) is 5.91 Å². The molecule has 0 aromatic heterocycles. The third-order valence-corrected chi connectivity index (χ3v) is 6.44. The van der Waals surface area contributed by atoms with Crippen molar-refractivity contribution in [2.75, 3.05) is 11.9 Å². The van der Waals surface area contributed by atoms with Crippen molar-refractivity contribution in [3.63, 3.8) is 0 Å². The average Bonchev–Trinajstić information content (AvgIpc) is 2.59. The molecule has 0 spiro atoms. The Morgan fingerprint density at radius 3 is 2.42 bits per heavy atom. The molecule has 4 bridgehead atoms. The lowest BCUT2D eigenvalue weighted by Gasteiger charge is -2.55. The first-order valence-corrected chi connectivity index (χ1v) is 9.94. The molecule has 0 saturated heterocycles. The first-order valence-electron chi connectivity index (χ1n) is 9.53. The standard InChI is InChI=1S/C21H26N2O2S/c1-2-7-25-18-6-4-3-5-17(18)22-20(26)23-19(24)21-11-14-8-15(12-21)10-16(9-14)13-21/h2-6,14-16H,1,7-13H2,(H2,22,23,24,26). The third-order valence-electron chi connectivity index (χ3n) is 6.24. The summed E-state index contributed by atoms with van der Waals surface area (Å²) >= 11 is 5.42. The summed E-state index contributed by atoms with van der Waals surface area (Å²) in [5.41, 5.74) is 0.560. The Morgan fingerprint density at radius 1 is 1.19 bits per heavy atom. The third kappa shape index (κ3) is 3.37. The monoisotopic (exact) mass is 370 g/mol. The number of ether oxygens (including phenoxy) is 1. The summed E-state index contributed by atoms with van der Waals surface area (Å²) in [7, 11) is 0. The summed E-state index contributed by atoms with van der Waals surface area (Å²) in [6.07, 6.45) is 8.77. The predicted molar refractivity (Wildman–Crippen MR) is 107 cm³/mol.